The fraction of sp³-hybridized carbons (Fsp3) is 0.364. The molecule has 1 rings (SSSR count). The number of likely N-dealkylation sites (N-methyl/N-ethyl adjacent to an activating group) is 1. The van der Waals surface area contributed by atoms with Crippen LogP contribution in [0, 0.1) is 11.2 Å². The van der Waals surface area contributed by atoms with E-state index < -0.39 is 5.82 Å². The first kappa shape index (κ1) is 15.7. The van der Waals surface area contributed by atoms with Crippen molar-refractivity contribution in [1.82, 2.24) is 4.90 Å². The lowest BCUT2D eigenvalue weighted by Gasteiger charge is -2.13. The monoisotopic (exact) mass is 261 g/mol. The van der Waals surface area contributed by atoms with E-state index in [-0.39, 0.29) is 23.8 Å². The second-order valence-electron chi connectivity index (χ2n) is 3.68. The van der Waals surface area contributed by atoms with Gasteiger partial charge in [-0.1, -0.05) is 6.07 Å². The fourth-order valence-electron chi connectivity index (χ4n) is 1.22. The van der Waals surface area contributed by atoms with Gasteiger partial charge in [0.05, 0.1) is 5.56 Å². The normalized spacial score (nSPS) is 9.88. The van der Waals surface area contributed by atoms with Crippen LogP contribution in [0.5, 0.6) is 5.75 Å². The average Bonchev–Trinajstić information content (AvgIpc) is 2.16. The Morgan fingerprint density at radius 3 is 2.65 bits per heavy atom. The van der Waals surface area contributed by atoms with Crippen molar-refractivity contribution in [3.8, 4) is 5.75 Å². The number of nitrogen functional groups attached to an aromatic ring is 1. The van der Waals surface area contributed by atoms with Crippen LogP contribution in [0.4, 0.5) is 4.39 Å². The molecule has 0 saturated carbocycles. The summed E-state index contributed by atoms with van der Waals surface area (Å²) in [6, 6.07) is 4.40. The smallest absolute Gasteiger partial charge is 0.137 e. The summed E-state index contributed by atoms with van der Waals surface area (Å²) < 4.78 is 18.8. The molecular formula is C11H17ClFN3O. The van der Waals surface area contributed by atoms with Gasteiger partial charge in [0.25, 0.3) is 0 Å². The molecule has 0 spiro atoms. The van der Waals surface area contributed by atoms with Gasteiger partial charge in [-0.05, 0) is 26.2 Å². The number of hydrogen-bond acceptors (Lipinski definition) is 3. The van der Waals surface area contributed by atoms with E-state index in [0.717, 1.165) is 0 Å². The van der Waals surface area contributed by atoms with Crippen LogP contribution in [-0.4, -0.2) is 38.0 Å². The first-order chi connectivity index (χ1) is 7.52. The van der Waals surface area contributed by atoms with Crippen molar-refractivity contribution in [3.05, 3.63) is 29.6 Å². The van der Waals surface area contributed by atoms with Gasteiger partial charge in [-0.2, -0.15) is 0 Å². The molecule has 0 radical (unpaired) electrons. The van der Waals surface area contributed by atoms with E-state index in [2.05, 4.69) is 0 Å². The Morgan fingerprint density at radius 2 is 2.12 bits per heavy atom. The number of nitrogens with two attached hydrogens (primary N) is 1. The number of halogens is 2. The second kappa shape index (κ2) is 7.09. The number of rotatable bonds is 5. The fourth-order valence-corrected chi connectivity index (χ4v) is 1.22. The van der Waals surface area contributed by atoms with Crippen molar-refractivity contribution in [3.63, 3.8) is 0 Å². The summed E-state index contributed by atoms with van der Waals surface area (Å²) in [4.78, 5) is 1.95. The zero-order valence-electron chi connectivity index (χ0n) is 9.87. The van der Waals surface area contributed by atoms with Gasteiger partial charge in [-0.15, -0.1) is 12.4 Å². The van der Waals surface area contributed by atoms with Gasteiger partial charge in [0.15, 0.2) is 0 Å². The van der Waals surface area contributed by atoms with Crippen LogP contribution in [0.15, 0.2) is 18.2 Å². The van der Waals surface area contributed by atoms with Crippen LogP contribution in [0.1, 0.15) is 5.56 Å². The van der Waals surface area contributed by atoms with Crippen molar-refractivity contribution in [2.45, 2.75) is 0 Å². The summed E-state index contributed by atoms with van der Waals surface area (Å²) in [5.41, 5.74) is 5.33. The van der Waals surface area contributed by atoms with Gasteiger partial charge in [0.1, 0.15) is 24.0 Å². The van der Waals surface area contributed by atoms with Gasteiger partial charge in [0.2, 0.25) is 0 Å². The summed E-state index contributed by atoms with van der Waals surface area (Å²) in [7, 11) is 3.83. The third-order valence-corrected chi connectivity index (χ3v) is 2.04. The Bertz CT molecular complexity index is 385. The van der Waals surface area contributed by atoms with E-state index in [0.29, 0.717) is 18.9 Å². The summed E-state index contributed by atoms with van der Waals surface area (Å²) in [5, 5.41) is 7.28. The Balaban J connectivity index is 0.00000256. The molecule has 0 heterocycles. The Hall–Kier alpha value is -1.33. The molecule has 0 bridgehead atoms. The summed E-state index contributed by atoms with van der Waals surface area (Å²) in [5.74, 6) is -0.540. The minimum Gasteiger partial charge on any atom is -0.491 e. The molecule has 1 aromatic rings. The molecule has 0 aliphatic rings. The number of benzene rings is 1. The maximum Gasteiger partial charge on any atom is 0.137 e. The van der Waals surface area contributed by atoms with E-state index in [9.17, 15) is 4.39 Å². The molecule has 0 aliphatic heterocycles. The lowest BCUT2D eigenvalue weighted by Crippen LogP contribution is -2.21. The SMILES string of the molecule is CN(C)CCOc1cccc(F)c1C(=N)N.Cl. The molecule has 0 amide bonds. The minimum atomic E-state index is -0.533. The van der Waals surface area contributed by atoms with Crippen molar-refractivity contribution >= 4 is 18.2 Å². The lowest BCUT2D eigenvalue weighted by molar-refractivity contribution is 0.260. The van der Waals surface area contributed by atoms with Gasteiger partial charge in [0, 0.05) is 6.54 Å². The number of nitrogens with one attached hydrogen (secondary N) is 1. The summed E-state index contributed by atoms with van der Waals surface area (Å²) in [6.07, 6.45) is 0. The molecule has 0 aliphatic carbocycles. The molecule has 6 heteroatoms. The molecule has 4 nitrogen and oxygen atoms in total. The van der Waals surface area contributed by atoms with E-state index in [1.54, 1.807) is 6.07 Å². The largest absolute Gasteiger partial charge is 0.491 e. The van der Waals surface area contributed by atoms with Crippen LogP contribution in [0.25, 0.3) is 0 Å². The Labute approximate surface area is 106 Å². The number of hydrogen-bond donors (Lipinski definition) is 2. The molecular weight excluding hydrogens is 245 g/mol. The first-order valence-corrected chi connectivity index (χ1v) is 4.93. The highest BCUT2D eigenvalue weighted by molar-refractivity contribution is 5.97. The van der Waals surface area contributed by atoms with Crippen molar-refractivity contribution in [2.24, 2.45) is 5.73 Å². The van der Waals surface area contributed by atoms with Crippen LogP contribution in [0.2, 0.25) is 0 Å². The van der Waals surface area contributed by atoms with E-state index in [4.69, 9.17) is 15.9 Å². The molecule has 0 aromatic heterocycles. The van der Waals surface area contributed by atoms with Crippen molar-refractivity contribution in [2.75, 3.05) is 27.2 Å². The van der Waals surface area contributed by atoms with Crippen LogP contribution < -0.4 is 10.5 Å². The van der Waals surface area contributed by atoms with Crippen molar-refractivity contribution < 1.29 is 9.13 Å². The quantitative estimate of drug-likeness (QED) is 0.623. The molecule has 1 aromatic carbocycles. The highest BCUT2D eigenvalue weighted by Crippen LogP contribution is 2.20. The standard InChI is InChI=1S/C11H16FN3O.ClH/c1-15(2)6-7-16-9-5-3-4-8(12)10(9)11(13)14;/h3-5H,6-7H2,1-2H3,(H3,13,14);1H. The van der Waals surface area contributed by atoms with Crippen molar-refractivity contribution in [1.29, 1.82) is 5.41 Å². The number of ether oxygens (including phenoxy) is 1. The topological polar surface area (TPSA) is 62.3 Å². The molecule has 0 fully saturated rings. The van der Waals surface area contributed by atoms with Crippen LogP contribution >= 0.6 is 12.4 Å². The summed E-state index contributed by atoms with van der Waals surface area (Å²) >= 11 is 0. The average molecular weight is 262 g/mol. The Morgan fingerprint density at radius 1 is 1.47 bits per heavy atom. The van der Waals surface area contributed by atoms with Gasteiger partial charge >= 0.3 is 0 Å². The van der Waals surface area contributed by atoms with E-state index in [1.807, 2.05) is 19.0 Å². The van der Waals surface area contributed by atoms with Crippen LogP contribution in [-0.2, 0) is 0 Å². The Kier molecular flexibility index (Phi) is 6.53. The zero-order valence-corrected chi connectivity index (χ0v) is 10.7. The maximum atomic E-state index is 13.4. The molecule has 0 saturated heterocycles. The lowest BCUT2D eigenvalue weighted by atomic mass is 10.1. The molecule has 17 heavy (non-hydrogen) atoms. The molecule has 0 unspecified atom stereocenters. The zero-order chi connectivity index (χ0) is 12.1. The van der Waals surface area contributed by atoms with Gasteiger partial charge < -0.3 is 15.4 Å². The first-order valence-electron chi connectivity index (χ1n) is 4.93. The molecule has 96 valence electrons. The minimum absolute atomic E-state index is 0. The third kappa shape index (κ3) is 4.58. The third-order valence-electron chi connectivity index (χ3n) is 2.04. The molecule has 3 N–H and O–H groups in total. The number of amidine groups is 1. The predicted molar refractivity (Wildman–Crippen MR) is 68.7 cm³/mol. The second-order valence-corrected chi connectivity index (χ2v) is 3.68. The number of nitrogens with zero attached hydrogens (tertiary/aromatic N) is 1. The van der Waals surface area contributed by atoms with Gasteiger partial charge in [-0.25, -0.2) is 4.39 Å². The van der Waals surface area contributed by atoms with Gasteiger partial charge in [-0.3, -0.25) is 5.41 Å². The highest BCUT2D eigenvalue weighted by Gasteiger charge is 2.12. The van der Waals surface area contributed by atoms with Crippen LogP contribution in [0.3, 0.4) is 0 Å². The predicted octanol–water partition coefficient (Wildman–Crippen LogP) is 1.47. The van der Waals surface area contributed by atoms with E-state index >= 15 is 0 Å². The molecule has 0 atom stereocenters. The van der Waals surface area contributed by atoms with E-state index in [1.165, 1.54) is 12.1 Å². The maximum absolute atomic E-state index is 13.4. The highest BCUT2D eigenvalue weighted by atomic mass is 35.5. The summed E-state index contributed by atoms with van der Waals surface area (Å²) in [6.45, 7) is 1.14.